The Labute approximate surface area is 168 Å². The van der Waals surface area contributed by atoms with E-state index in [4.69, 9.17) is 0 Å². The van der Waals surface area contributed by atoms with E-state index in [1.54, 1.807) is 4.90 Å². The number of likely N-dealkylation sites (tertiary alicyclic amines) is 1. The Hall–Kier alpha value is -2.40. The molecule has 5 nitrogen and oxygen atoms in total. The van der Waals surface area contributed by atoms with Crippen molar-refractivity contribution in [3.63, 3.8) is 0 Å². The number of pyridine rings is 1. The molecule has 0 aliphatic carbocycles. The molecule has 5 heteroatoms. The monoisotopic (exact) mass is 380 g/mol. The average Bonchev–Trinajstić information content (AvgIpc) is 2.69. The van der Waals surface area contributed by atoms with Crippen molar-refractivity contribution in [1.82, 2.24) is 14.8 Å². The molecule has 2 amide bonds. The molecule has 1 aliphatic heterocycles. The molecule has 1 aliphatic rings. The molecule has 0 bridgehead atoms. The Morgan fingerprint density at radius 1 is 1.21 bits per heavy atom. The number of rotatable bonds is 6. The van der Waals surface area contributed by atoms with Gasteiger partial charge in [-0.25, -0.2) is 4.79 Å². The topological polar surface area (TPSA) is 48.5 Å². The van der Waals surface area contributed by atoms with Gasteiger partial charge in [0.2, 0.25) is 0 Å². The van der Waals surface area contributed by atoms with Crippen LogP contribution in [0, 0.1) is 6.92 Å². The molecule has 1 saturated heterocycles. The lowest BCUT2D eigenvalue weighted by molar-refractivity contribution is 0.207. The van der Waals surface area contributed by atoms with E-state index in [-0.39, 0.29) is 12.1 Å². The van der Waals surface area contributed by atoms with Gasteiger partial charge < -0.3 is 10.2 Å². The van der Waals surface area contributed by atoms with Crippen LogP contribution in [-0.2, 0) is 13.0 Å². The first-order valence-electron chi connectivity index (χ1n) is 10.3. The number of carbonyl (C=O) groups excluding carboxylic acids is 1. The highest BCUT2D eigenvalue weighted by atomic mass is 16.2. The lowest BCUT2D eigenvalue weighted by atomic mass is 10.1. The van der Waals surface area contributed by atoms with Crippen LogP contribution >= 0.6 is 0 Å². The van der Waals surface area contributed by atoms with Gasteiger partial charge in [-0.2, -0.15) is 0 Å². The summed E-state index contributed by atoms with van der Waals surface area (Å²) in [6.07, 6.45) is 6.42. The smallest absolute Gasteiger partial charge is 0.321 e. The summed E-state index contributed by atoms with van der Waals surface area (Å²) in [5.74, 6) is 0. The Morgan fingerprint density at radius 3 is 2.71 bits per heavy atom. The summed E-state index contributed by atoms with van der Waals surface area (Å²) in [4.78, 5) is 21.5. The zero-order valence-electron chi connectivity index (χ0n) is 17.3. The second kappa shape index (κ2) is 9.69. The number of hydrogen-bond acceptors (Lipinski definition) is 3. The third kappa shape index (κ3) is 5.55. The van der Waals surface area contributed by atoms with Crippen LogP contribution in [0.4, 0.5) is 10.5 Å². The van der Waals surface area contributed by atoms with Crippen LogP contribution in [0.1, 0.15) is 43.0 Å². The molecule has 1 atom stereocenters. The predicted octanol–water partition coefficient (Wildman–Crippen LogP) is 4.47. The number of nitrogens with one attached hydrogen (secondary N) is 1. The number of anilines is 1. The number of nitrogens with zero attached hydrogens (tertiary/aromatic N) is 3. The Balaban J connectivity index is 1.61. The molecule has 150 valence electrons. The fourth-order valence-electron chi connectivity index (χ4n) is 3.69. The van der Waals surface area contributed by atoms with Crippen LogP contribution in [0.3, 0.4) is 0 Å². The van der Waals surface area contributed by atoms with Crippen LogP contribution in [0.5, 0.6) is 0 Å². The van der Waals surface area contributed by atoms with Gasteiger partial charge in [-0.1, -0.05) is 24.6 Å². The zero-order valence-corrected chi connectivity index (χ0v) is 17.3. The Kier molecular flexibility index (Phi) is 7.04. The number of piperidine rings is 1. The molecule has 28 heavy (non-hydrogen) atoms. The summed E-state index contributed by atoms with van der Waals surface area (Å²) in [5, 5.41) is 3.12. The third-order valence-corrected chi connectivity index (χ3v) is 5.56. The van der Waals surface area contributed by atoms with Crippen LogP contribution < -0.4 is 5.32 Å². The number of urea groups is 1. The van der Waals surface area contributed by atoms with Crippen molar-refractivity contribution in [2.24, 2.45) is 0 Å². The van der Waals surface area contributed by atoms with E-state index in [1.807, 2.05) is 37.5 Å². The van der Waals surface area contributed by atoms with E-state index in [2.05, 4.69) is 41.2 Å². The van der Waals surface area contributed by atoms with E-state index >= 15 is 0 Å². The Bertz CT molecular complexity index is 786. The molecule has 0 saturated carbocycles. The molecule has 3 rings (SSSR count). The first kappa shape index (κ1) is 20.3. The lowest BCUT2D eigenvalue weighted by Gasteiger charge is -2.28. The van der Waals surface area contributed by atoms with Gasteiger partial charge >= 0.3 is 6.03 Å². The lowest BCUT2D eigenvalue weighted by Crippen LogP contribution is -2.39. The summed E-state index contributed by atoms with van der Waals surface area (Å²) in [6, 6.07) is 12.2. The molecule has 1 N–H and O–H groups in total. The first-order valence-corrected chi connectivity index (χ1v) is 10.3. The number of likely N-dealkylation sites (N-methyl/N-ethyl adjacent to an activating group) is 1. The van der Waals surface area contributed by atoms with Crippen molar-refractivity contribution in [3.05, 3.63) is 59.4 Å². The van der Waals surface area contributed by atoms with Crippen molar-refractivity contribution in [3.8, 4) is 0 Å². The van der Waals surface area contributed by atoms with E-state index in [0.29, 0.717) is 0 Å². The van der Waals surface area contributed by atoms with Crippen LogP contribution in [0.15, 0.2) is 42.6 Å². The summed E-state index contributed by atoms with van der Waals surface area (Å²) >= 11 is 0. The van der Waals surface area contributed by atoms with Crippen molar-refractivity contribution >= 4 is 11.7 Å². The van der Waals surface area contributed by atoms with Crippen LogP contribution in [0.25, 0.3) is 0 Å². The molecule has 2 aromatic rings. The van der Waals surface area contributed by atoms with Crippen molar-refractivity contribution in [2.45, 2.75) is 52.1 Å². The molecule has 0 radical (unpaired) electrons. The second-order valence-electron chi connectivity index (χ2n) is 7.91. The molecule has 0 spiro atoms. The highest BCUT2D eigenvalue weighted by Gasteiger charge is 2.19. The van der Waals surface area contributed by atoms with E-state index in [0.717, 1.165) is 37.4 Å². The van der Waals surface area contributed by atoms with E-state index in [1.165, 1.54) is 30.4 Å². The minimum Gasteiger partial charge on any atom is -0.324 e. The summed E-state index contributed by atoms with van der Waals surface area (Å²) in [5.41, 5.74) is 4.29. The Morgan fingerprint density at radius 2 is 1.96 bits per heavy atom. The summed E-state index contributed by atoms with van der Waals surface area (Å²) in [6.45, 7) is 7.29. The van der Waals surface area contributed by atoms with Gasteiger partial charge in [-0.15, -0.1) is 0 Å². The van der Waals surface area contributed by atoms with E-state index in [9.17, 15) is 4.79 Å². The number of hydrogen-bond donors (Lipinski definition) is 1. The molecule has 1 fully saturated rings. The molecule has 1 aromatic carbocycles. The fraction of sp³-hybridized carbons (Fsp3) is 0.478. The fourth-order valence-corrected chi connectivity index (χ4v) is 3.69. The van der Waals surface area contributed by atoms with Gasteiger partial charge in [0, 0.05) is 43.6 Å². The number of para-hydroxylation sites is 1. The van der Waals surface area contributed by atoms with Gasteiger partial charge in [0.15, 0.2) is 0 Å². The minimum absolute atomic E-state index is 0.0588. The predicted molar refractivity (Wildman–Crippen MR) is 114 cm³/mol. The van der Waals surface area contributed by atoms with E-state index < -0.39 is 0 Å². The van der Waals surface area contributed by atoms with Gasteiger partial charge in [0.25, 0.3) is 0 Å². The number of carbonyl (C=O) groups is 1. The second-order valence-corrected chi connectivity index (χ2v) is 7.91. The maximum Gasteiger partial charge on any atom is 0.321 e. The number of aryl methyl sites for hydroxylation is 1. The largest absolute Gasteiger partial charge is 0.324 e. The third-order valence-electron chi connectivity index (χ3n) is 5.56. The molecule has 2 heterocycles. The minimum atomic E-state index is -0.0775. The van der Waals surface area contributed by atoms with Crippen LogP contribution in [0.2, 0.25) is 0 Å². The number of benzene rings is 1. The first-order chi connectivity index (χ1) is 13.5. The summed E-state index contributed by atoms with van der Waals surface area (Å²) < 4.78 is 0. The highest BCUT2D eigenvalue weighted by Crippen LogP contribution is 2.20. The zero-order chi connectivity index (χ0) is 19.9. The van der Waals surface area contributed by atoms with Crippen molar-refractivity contribution in [1.29, 1.82) is 0 Å². The quantitative estimate of drug-likeness (QED) is 0.804. The van der Waals surface area contributed by atoms with Gasteiger partial charge in [0.05, 0.1) is 0 Å². The van der Waals surface area contributed by atoms with Crippen LogP contribution in [-0.4, -0.2) is 47.0 Å². The SMILES string of the molecule is Cc1ccnc(CC(C)N(C)C(=O)Nc2ccccc2CN2CCCCC2)c1. The molecule has 1 unspecified atom stereocenters. The maximum absolute atomic E-state index is 12.8. The molecule has 1 aromatic heterocycles. The van der Waals surface area contributed by atoms with Crippen molar-refractivity contribution < 1.29 is 4.79 Å². The molecular weight excluding hydrogens is 348 g/mol. The number of aromatic nitrogens is 1. The normalized spacial score (nSPS) is 15.8. The van der Waals surface area contributed by atoms with Crippen molar-refractivity contribution in [2.75, 3.05) is 25.5 Å². The maximum atomic E-state index is 12.8. The number of amides is 2. The van der Waals surface area contributed by atoms with Gasteiger partial charge in [-0.05, 0) is 69.1 Å². The average molecular weight is 381 g/mol. The standard InChI is InChI=1S/C23H32N4O/c1-18-11-12-24-21(15-18)16-19(2)26(3)23(28)25-22-10-6-5-9-20(22)17-27-13-7-4-8-14-27/h5-6,9-12,15,19H,4,7-8,13-14,16-17H2,1-3H3,(H,25,28). The van der Waals surface area contributed by atoms with Gasteiger partial charge in [-0.3, -0.25) is 9.88 Å². The van der Waals surface area contributed by atoms with Gasteiger partial charge in [0.1, 0.15) is 0 Å². The molecular formula is C23H32N4O. The highest BCUT2D eigenvalue weighted by molar-refractivity contribution is 5.90. The summed E-state index contributed by atoms with van der Waals surface area (Å²) in [7, 11) is 1.85.